The summed E-state index contributed by atoms with van der Waals surface area (Å²) in [7, 11) is 2.18. The van der Waals surface area contributed by atoms with Crippen LogP contribution in [0, 0.1) is 0 Å². The van der Waals surface area contributed by atoms with Gasteiger partial charge in [-0.1, -0.05) is 37.5 Å². The van der Waals surface area contributed by atoms with Gasteiger partial charge < -0.3 is 10.2 Å². The minimum Gasteiger partial charge on any atom is -0.354 e. The first-order valence-corrected chi connectivity index (χ1v) is 9.57. The van der Waals surface area contributed by atoms with Crippen molar-refractivity contribution >= 4 is 16.7 Å². The number of benzene rings is 1. The number of rotatable bonds is 7. The fourth-order valence-electron chi connectivity index (χ4n) is 3.69. The molecule has 3 rings (SSSR count). The summed E-state index contributed by atoms with van der Waals surface area (Å²) in [5.41, 5.74) is -0.227. The summed E-state index contributed by atoms with van der Waals surface area (Å²) < 4.78 is 1.23. The van der Waals surface area contributed by atoms with E-state index in [1.165, 1.54) is 36.8 Å². The third-order valence-corrected chi connectivity index (χ3v) is 5.26. The molecule has 1 amide bonds. The second kappa shape index (κ2) is 8.94. The molecule has 1 aromatic carbocycles. The van der Waals surface area contributed by atoms with E-state index >= 15 is 0 Å². The third-order valence-electron chi connectivity index (χ3n) is 5.26. The van der Waals surface area contributed by atoms with E-state index in [1.54, 1.807) is 12.3 Å². The molecule has 0 spiro atoms. The highest BCUT2D eigenvalue weighted by atomic mass is 16.2. The molecule has 2 aromatic rings. The van der Waals surface area contributed by atoms with Gasteiger partial charge in [-0.2, -0.15) is 5.10 Å². The van der Waals surface area contributed by atoms with E-state index in [-0.39, 0.29) is 18.0 Å². The molecule has 26 heavy (non-hydrogen) atoms. The Morgan fingerprint density at radius 2 is 2.04 bits per heavy atom. The fraction of sp³-hybridized carbons (Fsp3) is 0.550. The van der Waals surface area contributed by atoms with Crippen LogP contribution < -0.4 is 10.9 Å². The van der Waals surface area contributed by atoms with Crippen molar-refractivity contribution in [2.75, 3.05) is 20.1 Å². The van der Waals surface area contributed by atoms with Crippen LogP contribution in [0.2, 0.25) is 0 Å². The second-order valence-electron chi connectivity index (χ2n) is 7.17. The van der Waals surface area contributed by atoms with Gasteiger partial charge in [-0.05, 0) is 38.9 Å². The largest absolute Gasteiger partial charge is 0.354 e. The maximum absolute atomic E-state index is 12.4. The molecular formula is C20H28N4O2. The standard InChI is InChI=1S/C20H28N4O2/c1-23(17-9-3-2-4-10-17)13-7-12-21-19(25)15-24-20(26)18-11-6-5-8-16(18)14-22-24/h5-6,8,11,14,17H,2-4,7,9-10,12-13,15H2,1H3,(H,21,25). The number of carbonyl (C=O) groups is 1. The maximum Gasteiger partial charge on any atom is 0.275 e. The van der Waals surface area contributed by atoms with Crippen molar-refractivity contribution in [2.45, 2.75) is 51.1 Å². The van der Waals surface area contributed by atoms with Crippen LogP contribution in [-0.4, -0.2) is 46.8 Å². The first-order valence-electron chi connectivity index (χ1n) is 9.57. The van der Waals surface area contributed by atoms with E-state index in [0.29, 0.717) is 18.0 Å². The lowest BCUT2D eigenvalue weighted by atomic mass is 9.94. The number of fused-ring (bicyclic) bond motifs is 1. The van der Waals surface area contributed by atoms with Gasteiger partial charge >= 0.3 is 0 Å². The Morgan fingerprint density at radius 3 is 2.85 bits per heavy atom. The molecule has 1 aliphatic carbocycles. The molecule has 0 aliphatic heterocycles. The molecule has 1 fully saturated rings. The highest BCUT2D eigenvalue weighted by molar-refractivity contribution is 5.81. The van der Waals surface area contributed by atoms with Gasteiger partial charge in [-0.15, -0.1) is 0 Å². The van der Waals surface area contributed by atoms with Crippen molar-refractivity contribution in [2.24, 2.45) is 0 Å². The van der Waals surface area contributed by atoms with E-state index in [4.69, 9.17) is 0 Å². The number of nitrogens with one attached hydrogen (secondary N) is 1. The SMILES string of the molecule is CN(CCCNC(=O)Cn1ncc2ccccc2c1=O)C1CCCCC1. The van der Waals surface area contributed by atoms with Crippen LogP contribution in [0.15, 0.2) is 35.3 Å². The average molecular weight is 356 g/mol. The Kier molecular flexibility index (Phi) is 6.39. The number of carbonyl (C=O) groups excluding carboxylic acids is 1. The summed E-state index contributed by atoms with van der Waals surface area (Å²) in [5, 5.41) is 8.38. The zero-order valence-corrected chi connectivity index (χ0v) is 15.5. The fourth-order valence-corrected chi connectivity index (χ4v) is 3.69. The van der Waals surface area contributed by atoms with Gasteiger partial charge in [0.25, 0.3) is 5.56 Å². The Balaban J connectivity index is 1.44. The third kappa shape index (κ3) is 4.69. The summed E-state index contributed by atoms with van der Waals surface area (Å²) in [4.78, 5) is 26.9. The van der Waals surface area contributed by atoms with Crippen LogP contribution in [0.25, 0.3) is 10.8 Å². The molecule has 1 saturated carbocycles. The van der Waals surface area contributed by atoms with Gasteiger partial charge in [0.2, 0.25) is 5.91 Å². The summed E-state index contributed by atoms with van der Waals surface area (Å²) in [5.74, 6) is -0.171. The molecule has 6 heteroatoms. The smallest absolute Gasteiger partial charge is 0.275 e. The van der Waals surface area contributed by atoms with E-state index < -0.39 is 0 Å². The molecule has 1 aromatic heterocycles. The summed E-state index contributed by atoms with van der Waals surface area (Å²) in [6.07, 6.45) is 9.15. The van der Waals surface area contributed by atoms with E-state index in [0.717, 1.165) is 18.4 Å². The Hall–Kier alpha value is -2.21. The second-order valence-corrected chi connectivity index (χ2v) is 7.17. The van der Waals surface area contributed by atoms with Crippen molar-refractivity contribution < 1.29 is 4.79 Å². The van der Waals surface area contributed by atoms with E-state index in [1.807, 2.05) is 18.2 Å². The van der Waals surface area contributed by atoms with Crippen molar-refractivity contribution in [3.63, 3.8) is 0 Å². The summed E-state index contributed by atoms with van der Waals surface area (Å²) in [6.45, 7) is 1.57. The number of amides is 1. The lowest BCUT2D eigenvalue weighted by Gasteiger charge is -2.31. The highest BCUT2D eigenvalue weighted by Crippen LogP contribution is 2.21. The Labute approximate surface area is 154 Å². The molecule has 6 nitrogen and oxygen atoms in total. The molecule has 1 heterocycles. The van der Waals surface area contributed by atoms with Crippen molar-refractivity contribution in [1.82, 2.24) is 20.0 Å². The number of hydrogen-bond acceptors (Lipinski definition) is 4. The molecular weight excluding hydrogens is 328 g/mol. The van der Waals surface area contributed by atoms with Gasteiger partial charge in [-0.3, -0.25) is 9.59 Å². The molecule has 0 unspecified atom stereocenters. The first-order chi connectivity index (χ1) is 12.6. The minimum absolute atomic E-state index is 0.0396. The van der Waals surface area contributed by atoms with Crippen LogP contribution >= 0.6 is 0 Å². The van der Waals surface area contributed by atoms with Crippen molar-refractivity contribution in [1.29, 1.82) is 0 Å². The molecule has 140 valence electrons. The Bertz CT molecular complexity index is 796. The van der Waals surface area contributed by atoms with E-state index in [9.17, 15) is 9.59 Å². The van der Waals surface area contributed by atoms with Gasteiger partial charge in [-0.25, -0.2) is 4.68 Å². The molecule has 0 bridgehead atoms. The minimum atomic E-state index is -0.227. The normalized spacial score (nSPS) is 15.5. The topological polar surface area (TPSA) is 67.2 Å². The van der Waals surface area contributed by atoms with Crippen LogP contribution in [-0.2, 0) is 11.3 Å². The van der Waals surface area contributed by atoms with Gasteiger partial charge in [0.05, 0.1) is 11.6 Å². The van der Waals surface area contributed by atoms with Gasteiger partial charge in [0.1, 0.15) is 6.54 Å². The summed E-state index contributed by atoms with van der Waals surface area (Å²) >= 11 is 0. The Morgan fingerprint density at radius 1 is 1.27 bits per heavy atom. The lowest BCUT2D eigenvalue weighted by Crippen LogP contribution is -2.37. The molecule has 0 saturated heterocycles. The van der Waals surface area contributed by atoms with Crippen molar-refractivity contribution in [3.05, 3.63) is 40.8 Å². The van der Waals surface area contributed by atoms with Crippen LogP contribution in [0.4, 0.5) is 0 Å². The van der Waals surface area contributed by atoms with Crippen LogP contribution in [0.3, 0.4) is 0 Å². The number of nitrogens with zero attached hydrogens (tertiary/aromatic N) is 3. The molecule has 0 radical (unpaired) electrons. The zero-order valence-electron chi connectivity index (χ0n) is 15.5. The molecule has 1 N–H and O–H groups in total. The molecule has 1 aliphatic rings. The maximum atomic E-state index is 12.4. The van der Waals surface area contributed by atoms with Crippen LogP contribution in [0.1, 0.15) is 38.5 Å². The van der Waals surface area contributed by atoms with E-state index in [2.05, 4.69) is 22.4 Å². The monoisotopic (exact) mass is 356 g/mol. The lowest BCUT2D eigenvalue weighted by molar-refractivity contribution is -0.121. The van der Waals surface area contributed by atoms with Crippen LogP contribution in [0.5, 0.6) is 0 Å². The highest BCUT2D eigenvalue weighted by Gasteiger charge is 2.17. The average Bonchev–Trinajstić information content (AvgIpc) is 2.68. The van der Waals surface area contributed by atoms with Gasteiger partial charge in [0.15, 0.2) is 0 Å². The quantitative estimate of drug-likeness (QED) is 0.772. The predicted molar refractivity (Wildman–Crippen MR) is 103 cm³/mol. The summed E-state index contributed by atoms with van der Waals surface area (Å²) in [6, 6.07) is 7.98. The first kappa shape index (κ1) is 18.6. The molecule has 0 atom stereocenters. The zero-order chi connectivity index (χ0) is 18.4. The predicted octanol–water partition coefficient (Wildman–Crippen LogP) is 2.17. The number of aromatic nitrogens is 2. The van der Waals surface area contributed by atoms with Crippen molar-refractivity contribution in [3.8, 4) is 0 Å². The number of hydrogen-bond donors (Lipinski definition) is 1. The van der Waals surface area contributed by atoms with Gasteiger partial charge in [0, 0.05) is 18.0 Å².